The molecule has 228 valence electrons. The van der Waals surface area contributed by atoms with Crippen molar-refractivity contribution in [1.82, 2.24) is 15.3 Å². The molecular weight excluding hydrogens is 542 g/mol. The van der Waals surface area contributed by atoms with Crippen LogP contribution in [0.2, 0.25) is 0 Å². The SMILES string of the molecule is CCN(C(=O)C1CCCC1)c1cc(-c2ccc(N3CCOCC3)nc2C)cc(C(=O)NCc2c(C)cc(C)[nH]c2=O)c1C. The lowest BCUT2D eigenvalue weighted by molar-refractivity contribution is -0.122. The van der Waals surface area contributed by atoms with E-state index in [1.165, 1.54) is 0 Å². The standard InChI is InChI=1S/C34H43N5O4/c1-6-39(34(42)25-9-7-8-10-25)30-19-26(27-11-12-31(37-24(27)5)38-13-15-43-16-14-38)18-28(23(30)4)32(40)35-20-29-21(2)17-22(3)36-33(29)41/h11-12,17-19,25H,6-10,13-16,20H2,1-5H3,(H,35,40)(H,36,41). The Hall–Kier alpha value is -3.98. The minimum atomic E-state index is -0.292. The van der Waals surface area contributed by atoms with E-state index in [4.69, 9.17) is 9.72 Å². The summed E-state index contributed by atoms with van der Waals surface area (Å²) >= 11 is 0. The maximum atomic E-state index is 13.8. The van der Waals surface area contributed by atoms with Gasteiger partial charge in [0.05, 0.1) is 13.2 Å². The first-order valence-electron chi connectivity index (χ1n) is 15.4. The third-order valence-electron chi connectivity index (χ3n) is 8.84. The predicted octanol–water partition coefficient (Wildman–Crippen LogP) is 4.98. The number of hydrogen-bond acceptors (Lipinski definition) is 6. The first-order chi connectivity index (χ1) is 20.7. The molecule has 5 rings (SSSR count). The number of amides is 2. The van der Waals surface area contributed by atoms with E-state index in [1.54, 1.807) is 0 Å². The highest BCUT2D eigenvalue weighted by molar-refractivity contribution is 6.02. The second kappa shape index (κ2) is 13.1. The van der Waals surface area contributed by atoms with Gasteiger partial charge in [-0.3, -0.25) is 14.4 Å². The van der Waals surface area contributed by atoms with Crippen LogP contribution < -0.4 is 20.7 Å². The van der Waals surface area contributed by atoms with E-state index >= 15 is 0 Å². The number of aryl methyl sites for hydroxylation is 3. The Morgan fingerprint density at radius 3 is 2.44 bits per heavy atom. The molecule has 0 atom stereocenters. The summed E-state index contributed by atoms with van der Waals surface area (Å²) in [5.74, 6) is 0.735. The van der Waals surface area contributed by atoms with Gasteiger partial charge in [-0.05, 0) is 94.5 Å². The molecule has 2 fully saturated rings. The Kier molecular flexibility index (Phi) is 9.30. The number of anilines is 2. The zero-order valence-corrected chi connectivity index (χ0v) is 26.0. The number of rotatable bonds is 8. The monoisotopic (exact) mass is 585 g/mol. The van der Waals surface area contributed by atoms with Crippen LogP contribution in [0.5, 0.6) is 0 Å². The van der Waals surface area contributed by atoms with Gasteiger partial charge >= 0.3 is 0 Å². The summed E-state index contributed by atoms with van der Waals surface area (Å²) in [6.07, 6.45) is 3.94. The van der Waals surface area contributed by atoms with Gasteiger partial charge in [0.25, 0.3) is 11.5 Å². The number of carbonyl (C=O) groups excluding carboxylic acids is 2. The van der Waals surface area contributed by atoms with Crippen LogP contribution >= 0.6 is 0 Å². The van der Waals surface area contributed by atoms with E-state index in [0.29, 0.717) is 30.9 Å². The van der Waals surface area contributed by atoms with E-state index in [9.17, 15) is 14.4 Å². The van der Waals surface area contributed by atoms with Gasteiger partial charge in [-0.15, -0.1) is 0 Å². The van der Waals surface area contributed by atoms with Crippen molar-refractivity contribution < 1.29 is 14.3 Å². The number of H-pyrrole nitrogens is 1. The first-order valence-corrected chi connectivity index (χ1v) is 15.4. The molecule has 0 spiro atoms. The number of aromatic amines is 1. The van der Waals surface area contributed by atoms with Crippen molar-refractivity contribution in [3.05, 3.63) is 74.3 Å². The minimum absolute atomic E-state index is 0.00716. The van der Waals surface area contributed by atoms with E-state index in [-0.39, 0.29) is 29.8 Å². The lowest BCUT2D eigenvalue weighted by Gasteiger charge is -2.29. The van der Waals surface area contributed by atoms with Crippen LogP contribution in [0, 0.1) is 33.6 Å². The fraction of sp³-hybridized carbons (Fsp3) is 0.471. The Morgan fingerprint density at radius 1 is 1.07 bits per heavy atom. The third kappa shape index (κ3) is 6.51. The van der Waals surface area contributed by atoms with Crippen molar-refractivity contribution in [3.63, 3.8) is 0 Å². The van der Waals surface area contributed by atoms with Gasteiger partial charge in [0.1, 0.15) is 5.82 Å². The van der Waals surface area contributed by atoms with Crippen LogP contribution in [-0.4, -0.2) is 54.6 Å². The van der Waals surface area contributed by atoms with E-state index in [2.05, 4.69) is 15.2 Å². The number of morpholine rings is 1. The Labute approximate surface area is 253 Å². The number of ether oxygens (including phenoxy) is 1. The molecule has 1 aliphatic carbocycles. The van der Waals surface area contributed by atoms with E-state index in [0.717, 1.165) is 83.9 Å². The molecule has 2 aromatic heterocycles. The number of nitrogens with zero attached hydrogens (tertiary/aromatic N) is 3. The average Bonchev–Trinajstić information content (AvgIpc) is 3.53. The molecule has 9 nitrogen and oxygen atoms in total. The van der Waals surface area contributed by atoms with E-state index in [1.807, 2.05) is 69.9 Å². The summed E-state index contributed by atoms with van der Waals surface area (Å²) in [7, 11) is 0. The largest absolute Gasteiger partial charge is 0.378 e. The Balaban J connectivity index is 1.54. The minimum Gasteiger partial charge on any atom is -0.378 e. The summed E-state index contributed by atoms with van der Waals surface area (Å²) in [6, 6.07) is 9.87. The number of carbonyl (C=O) groups is 2. The van der Waals surface area contributed by atoms with Crippen LogP contribution in [0.4, 0.5) is 11.5 Å². The highest BCUT2D eigenvalue weighted by Crippen LogP contribution is 2.35. The molecule has 2 N–H and O–H groups in total. The summed E-state index contributed by atoms with van der Waals surface area (Å²) < 4.78 is 5.50. The zero-order chi connectivity index (χ0) is 30.7. The number of aromatic nitrogens is 2. The molecule has 3 heterocycles. The van der Waals surface area contributed by atoms with Gasteiger partial charge in [0, 0.05) is 65.9 Å². The highest BCUT2D eigenvalue weighted by atomic mass is 16.5. The average molecular weight is 586 g/mol. The van der Waals surface area contributed by atoms with Gasteiger partial charge in [0.2, 0.25) is 5.91 Å². The maximum absolute atomic E-state index is 13.8. The van der Waals surface area contributed by atoms with Crippen LogP contribution in [0.3, 0.4) is 0 Å². The van der Waals surface area contributed by atoms with Gasteiger partial charge in [-0.2, -0.15) is 0 Å². The summed E-state index contributed by atoms with van der Waals surface area (Å²) in [5, 5.41) is 2.97. The molecule has 1 aliphatic heterocycles. The third-order valence-corrected chi connectivity index (χ3v) is 8.84. The van der Waals surface area contributed by atoms with Crippen molar-refractivity contribution >= 4 is 23.3 Å². The van der Waals surface area contributed by atoms with Crippen molar-refractivity contribution in [2.24, 2.45) is 5.92 Å². The molecule has 2 aliphatic rings. The number of pyridine rings is 2. The van der Waals surface area contributed by atoms with E-state index < -0.39 is 0 Å². The Morgan fingerprint density at radius 2 is 1.79 bits per heavy atom. The fourth-order valence-corrected chi connectivity index (χ4v) is 6.40. The lowest BCUT2D eigenvalue weighted by Crippen LogP contribution is -2.36. The summed E-state index contributed by atoms with van der Waals surface area (Å²) in [4.78, 5) is 51.9. The normalized spacial score (nSPS) is 15.5. The van der Waals surface area contributed by atoms with Crippen LogP contribution in [-0.2, 0) is 16.1 Å². The summed E-state index contributed by atoms with van der Waals surface area (Å²) in [6.45, 7) is 13.1. The fourth-order valence-electron chi connectivity index (χ4n) is 6.40. The smallest absolute Gasteiger partial charge is 0.253 e. The molecule has 0 radical (unpaired) electrons. The number of hydrogen-bond donors (Lipinski definition) is 2. The lowest BCUT2D eigenvalue weighted by atomic mass is 9.95. The zero-order valence-electron chi connectivity index (χ0n) is 26.0. The second-order valence-electron chi connectivity index (χ2n) is 11.8. The van der Waals surface area contributed by atoms with Crippen LogP contribution in [0.15, 0.2) is 35.1 Å². The first kappa shape index (κ1) is 30.5. The number of benzene rings is 1. The number of nitrogens with one attached hydrogen (secondary N) is 2. The molecule has 1 saturated heterocycles. The molecule has 1 saturated carbocycles. The molecule has 2 amide bonds. The second-order valence-corrected chi connectivity index (χ2v) is 11.8. The molecule has 3 aromatic rings. The van der Waals surface area contributed by atoms with Gasteiger partial charge in [-0.1, -0.05) is 12.8 Å². The molecule has 9 heteroatoms. The molecule has 43 heavy (non-hydrogen) atoms. The van der Waals surface area contributed by atoms with Gasteiger partial charge < -0.3 is 24.8 Å². The highest BCUT2D eigenvalue weighted by Gasteiger charge is 2.29. The quantitative estimate of drug-likeness (QED) is 0.386. The Bertz CT molecular complexity index is 1570. The maximum Gasteiger partial charge on any atom is 0.253 e. The van der Waals surface area contributed by atoms with Crippen LogP contribution in [0.1, 0.15) is 71.0 Å². The molecule has 0 unspecified atom stereocenters. The van der Waals surface area contributed by atoms with Crippen molar-refractivity contribution in [3.8, 4) is 11.1 Å². The van der Waals surface area contributed by atoms with Crippen molar-refractivity contribution in [1.29, 1.82) is 0 Å². The van der Waals surface area contributed by atoms with Gasteiger partial charge in [0.15, 0.2) is 0 Å². The van der Waals surface area contributed by atoms with Crippen molar-refractivity contribution in [2.75, 3.05) is 42.6 Å². The van der Waals surface area contributed by atoms with Crippen molar-refractivity contribution in [2.45, 2.75) is 66.8 Å². The van der Waals surface area contributed by atoms with Crippen LogP contribution in [0.25, 0.3) is 11.1 Å². The topological polar surface area (TPSA) is 108 Å². The predicted molar refractivity (Wildman–Crippen MR) is 170 cm³/mol. The van der Waals surface area contributed by atoms with Gasteiger partial charge in [-0.25, -0.2) is 4.98 Å². The summed E-state index contributed by atoms with van der Waals surface area (Å²) in [5.41, 5.74) is 6.45. The molecule has 0 bridgehead atoms. The molecular formula is C34H43N5O4. The molecule has 1 aromatic carbocycles.